The zero-order chi connectivity index (χ0) is 18.4. The average Bonchev–Trinajstić information content (AvgIpc) is 2.61. The third-order valence-electron chi connectivity index (χ3n) is 3.83. The summed E-state index contributed by atoms with van der Waals surface area (Å²) >= 11 is 0. The van der Waals surface area contributed by atoms with Crippen molar-refractivity contribution < 1.29 is 17.6 Å². The van der Waals surface area contributed by atoms with Gasteiger partial charge in [-0.3, -0.25) is 4.79 Å². The van der Waals surface area contributed by atoms with Crippen LogP contribution in [-0.2, 0) is 16.6 Å². The standard InChI is InChI=1S/C18H21FN2O3S/c1-3-21(4-2)25(23,24)17-11-5-14(6-12-17)13-20-18(22)15-7-9-16(19)10-8-15/h5-12H,3-4,13H2,1-2H3,(H,20,22). The molecule has 0 aliphatic rings. The summed E-state index contributed by atoms with van der Waals surface area (Å²) in [6.07, 6.45) is 0. The Bertz CT molecular complexity index is 814. The highest BCUT2D eigenvalue weighted by molar-refractivity contribution is 7.89. The Kier molecular flexibility index (Phi) is 6.27. The van der Waals surface area contributed by atoms with Crippen molar-refractivity contribution in [1.29, 1.82) is 0 Å². The summed E-state index contributed by atoms with van der Waals surface area (Å²) < 4.78 is 39.1. The number of halogens is 1. The van der Waals surface area contributed by atoms with Crippen molar-refractivity contribution >= 4 is 15.9 Å². The van der Waals surface area contributed by atoms with Crippen LogP contribution in [0.25, 0.3) is 0 Å². The predicted octanol–water partition coefficient (Wildman–Crippen LogP) is 2.79. The van der Waals surface area contributed by atoms with E-state index < -0.39 is 15.8 Å². The maximum atomic E-state index is 12.9. The van der Waals surface area contributed by atoms with E-state index in [2.05, 4.69) is 5.32 Å². The Hall–Kier alpha value is -2.25. The lowest BCUT2D eigenvalue weighted by molar-refractivity contribution is 0.0951. The van der Waals surface area contributed by atoms with Gasteiger partial charge in [-0.25, -0.2) is 12.8 Å². The molecule has 0 radical (unpaired) electrons. The van der Waals surface area contributed by atoms with E-state index in [4.69, 9.17) is 0 Å². The number of amides is 1. The summed E-state index contributed by atoms with van der Waals surface area (Å²) in [6, 6.07) is 11.7. The van der Waals surface area contributed by atoms with E-state index >= 15 is 0 Å². The molecule has 0 aliphatic carbocycles. The Balaban J connectivity index is 2.03. The van der Waals surface area contributed by atoms with Gasteiger partial charge in [-0.1, -0.05) is 26.0 Å². The first-order valence-corrected chi connectivity index (χ1v) is 9.45. The van der Waals surface area contributed by atoms with Crippen molar-refractivity contribution in [2.24, 2.45) is 0 Å². The van der Waals surface area contributed by atoms with Gasteiger partial charge in [0.05, 0.1) is 4.90 Å². The summed E-state index contributed by atoms with van der Waals surface area (Å²) in [5.74, 6) is -0.721. The van der Waals surface area contributed by atoms with Crippen molar-refractivity contribution in [3.8, 4) is 0 Å². The molecule has 1 amide bonds. The second-order valence-electron chi connectivity index (χ2n) is 5.42. The van der Waals surface area contributed by atoms with Crippen molar-refractivity contribution in [2.75, 3.05) is 13.1 Å². The lowest BCUT2D eigenvalue weighted by atomic mass is 10.2. The third-order valence-corrected chi connectivity index (χ3v) is 5.89. The quantitative estimate of drug-likeness (QED) is 0.821. The Morgan fingerprint density at radius 2 is 1.56 bits per heavy atom. The highest BCUT2D eigenvalue weighted by Crippen LogP contribution is 2.16. The normalized spacial score (nSPS) is 11.5. The number of nitrogens with one attached hydrogen (secondary N) is 1. The first-order chi connectivity index (χ1) is 11.9. The van der Waals surface area contributed by atoms with Crippen LogP contribution in [0.3, 0.4) is 0 Å². The van der Waals surface area contributed by atoms with Gasteiger partial charge in [-0.05, 0) is 42.0 Å². The number of hydrogen-bond acceptors (Lipinski definition) is 3. The van der Waals surface area contributed by atoms with Crippen LogP contribution in [0, 0.1) is 5.82 Å². The summed E-state index contributed by atoms with van der Waals surface area (Å²) in [6.45, 7) is 4.66. The SMILES string of the molecule is CCN(CC)S(=O)(=O)c1ccc(CNC(=O)c2ccc(F)cc2)cc1. The molecule has 0 atom stereocenters. The summed E-state index contributed by atoms with van der Waals surface area (Å²) in [5, 5.41) is 2.72. The highest BCUT2D eigenvalue weighted by Gasteiger charge is 2.21. The van der Waals surface area contributed by atoms with Crippen LogP contribution in [0.5, 0.6) is 0 Å². The Morgan fingerprint density at radius 3 is 2.08 bits per heavy atom. The molecule has 0 saturated heterocycles. The van der Waals surface area contributed by atoms with E-state index in [0.29, 0.717) is 18.7 Å². The average molecular weight is 364 g/mol. The number of hydrogen-bond donors (Lipinski definition) is 1. The van der Waals surface area contributed by atoms with Crippen LogP contribution in [0.4, 0.5) is 4.39 Å². The van der Waals surface area contributed by atoms with Gasteiger partial charge in [0, 0.05) is 25.2 Å². The minimum Gasteiger partial charge on any atom is -0.348 e. The summed E-state index contributed by atoms with van der Waals surface area (Å²) in [7, 11) is -3.49. The number of rotatable bonds is 7. The second kappa shape index (κ2) is 8.22. The highest BCUT2D eigenvalue weighted by atomic mass is 32.2. The second-order valence-corrected chi connectivity index (χ2v) is 7.36. The molecule has 2 aromatic rings. The number of benzene rings is 2. The first-order valence-electron chi connectivity index (χ1n) is 8.01. The molecule has 0 heterocycles. The van der Waals surface area contributed by atoms with Gasteiger partial charge in [0.15, 0.2) is 0 Å². The molecule has 0 aliphatic heterocycles. The lowest BCUT2D eigenvalue weighted by Gasteiger charge is -2.18. The topological polar surface area (TPSA) is 66.5 Å². The molecule has 2 rings (SSSR count). The lowest BCUT2D eigenvalue weighted by Crippen LogP contribution is -2.30. The number of carbonyl (C=O) groups is 1. The third kappa shape index (κ3) is 4.64. The zero-order valence-corrected chi connectivity index (χ0v) is 15.0. The Morgan fingerprint density at radius 1 is 1.00 bits per heavy atom. The number of nitrogens with zero attached hydrogens (tertiary/aromatic N) is 1. The van der Waals surface area contributed by atoms with Crippen molar-refractivity contribution in [3.63, 3.8) is 0 Å². The number of carbonyl (C=O) groups excluding carboxylic acids is 1. The molecule has 0 aromatic heterocycles. The molecule has 2 aromatic carbocycles. The van der Waals surface area contributed by atoms with Gasteiger partial charge in [0.2, 0.25) is 10.0 Å². The van der Waals surface area contributed by atoms with Crippen molar-refractivity contribution in [3.05, 3.63) is 65.5 Å². The van der Waals surface area contributed by atoms with Gasteiger partial charge in [0.25, 0.3) is 5.91 Å². The molecule has 0 spiro atoms. The molecule has 5 nitrogen and oxygen atoms in total. The largest absolute Gasteiger partial charge is 0.348 e. The van der Waals surface area contributed by atoms with Crippen LogP contribution in [-0.4, -0.2) is 31.7 Å². The maximum absolute atomic E-state index is 12.9. The predicted molar refractivity (Wildman–Crippen MR) is 94.1 cm³/mol. The van der Waals surface area contributed by atoms with Gasteiger partial charge in [-0.2, -0.15) is 4.31 Å². The molecule has 0 fully saturated rings. The van der Waals surface area contributed by atoms with E-state index in [-0.39, 0.29) is 17.3 Å². The van der Waals surface area contributed by atoms with Gasteiger partial charge < -0.3 is 5.32 Å². The van der Waals surface area contributed by atoms with Crippen molar-refractivity contribution in [1.82, 2.24) is 9.62 Å². The van der Waals surface area contributed by atoms with E-state index in [1.165, 1.54) is 40.7 Å². The Labute approximate surface area is 147 Å². The minimum atomic E-state index is -3.49. The molecular weight excluding hydrogens is 343 g/mol. The maximum Gasteiger partial charge on any atom is 0.251 e. The molecule has 1 N–H and O–H groups in total. The monoisotopic (exact) mass is 364 g/mol. The van der Waals surface area contributed by atoms with Gasteiger partial charge in [-0.15, -0.1) is 0 Å². The minimum absolute atomic E-state index is 0.227. The smallest absolute Gasteiger partial charge is 0.251 e. The zero-order valence-electron chi connectivity index (χ0n) is 14.2. The molecule has 0 saturated carbocycles. The molecule has 25 heavy (non-hydrogen) atoms. The van der Waals surface area contributed by atoms with E-state index in [9.17, 15) is 17.6 Å². The van der Waals surface area contributed by atoms with Crippen LogP contribution in [0.1, 0.15) is 29.8 Å². The van der Waals surface area contributed by atoms with Crippen LogP contribution < -0.4 is 5.32 Å². The van der Waals surface area contributed by atoms with Crippen molar-refractivity contribution in [2.45, 2.75) is 25.3 Å². The fourth-order valence-corrected chi connectivity index (χ4v) is 3.84. The molecule has 7 heteroatoms. The fraction of sp³-hybridized carbons (Fsp3) is 0.278. The van der Waals surface area contributed by atoms with Crippen LogP contribution in [0.15, 0.2) is 53.4 Å². The number of sulfonamides is 1. The van der Waals surface area contributed by atoms with E-state index in [0.717, 1.165) is 5.56 Å². The molecule has 0 bridgehead atoms. The molecular formula is C18H21FN2O3S. The molecule has 134 valence electrons. The van der Waals surface area contributed by atoms with Gasteiger partial charge in [0.1, 0.15) is 5.82 Å². The molecule has 0 unspecified atom stereocenters. The van der Waals surface area contributed by atoms with Crippen LogP contribution in [0.2, 0.25) is 0 Å². The summed E-state index contributed by atoms with van der Waals surface area (Å²) in [5.41, 5.74) is 1.14. The van der Waals surface area contributed by atoms with Gasteiger partial charge >= 0.3 is 0 Å². The summed E-state index contributed by atoms with van der Waals surface area (Å²) in [4.78, 5) is 12.2. The van der Waals surface area contributed by atoms with Crippen LogP contribution >= 0.6 is 0 Å². The van der Waals surface area contributed by atoms with E-state index in [1.807, 2.05) is 0 Å². The first kappa shape index (κ1) is 19.1. The van der Waals surface area contributed by atoms with E-state index in [1.54, 1.807) is 26.0 Å². The fourth-order valence-electron chi connectivity index (χ4n) is 2.38.